The number of aliphatic hydroxyl groups excluding tert-OH is 1. The second kappa shape index (κ2) is 8.63. The third-order valence-electron chi connectivity index (χ3n) is 5.80. The number of benzene rings is 1. The van der Waals surface area contributed by atoms with Crippen LogP contribution in [0.15, 0.2) is 30.3 Å². The van der Waals surface area contributed by atoms with E-state index in [4.69, 9.17) is 14.2 Å². The fraction of sp³-hybridized carbons (Fsp3) is 0.714. The van der Waals surface area contributed by atoms with E-state index in [0.29, 0.717) is 25.0 Å². The Bertz CT molecular complexity index is 516. The molecule has 0 unspecified atom stereocenters. The van der Waals surface area contributed by atoms with Crippen molar-refractivity contribution in [2.24, 2.45) is 11.8 Å². The van der Waals surface area contributed by atoms with Crippen LogP contribution in [0.1, 0.15) is 51.5 Å². The van der Waals surface area contributed by atoms with Crippen LogP contribution in [0.4, 0.5) is 0 Å². The lowest BCUT2D eigenvalue weighted by Gasteiger charge is -2.49. The molecule has 1 spiro atoms. The number of ether oxygens (including phenoxy) is 3. The second-order valence-electron chi connectivity index (χ2n) is 7.76. The summed E-state index contributed by atoms with van der Waals surface area (Å²) in [4.78, 5) is 0. The van der Waals surface area contributed by atoms with Gasteiger partial charge >= 0.3 is 0 Å². The summed E-state index contributed by atoms with van der Waals surface area (Å²) in [6, 6.07) is 10.3. The fourth-order valence-corrected chi connectivity index (χ4v) is 3.96. The molecule has 0 aromatic heterocycles. The number of hydrogen-bond donors (Lipinski definition) is 1. The molecule has 2 heterocycles. The molecule has 5 atom stereocenters. The molecule has 1 aromatic carbocycles. The first-order valence-corrected chi connectivity index (χ1v) is 9.70. The van der Waals surface area contributed by atoms with E-state index >= 15 is 0 Å². The Labute approximate surface area is 151 Å². The smallest absolute Gasteiger partial charge is 0.169 e. The minimum Gasteiger partial charge on any atom is -0.394 e. The first-order valence-electron chi connectivity index (χ1n) is 9.70. The van der Waals surface area contributed by atoms with Crippen molar-refractivity contribution in [3.05, 3.63) is 35.9 Å². The van der Waals surface area contributed by atoms with E-state index in [2.05, 4.69) is 26.0 Å². The van der Waals surface area contributed by atoms with Gasteiger partial charge in [0.25, 0.3) is 0 Å². The van der Waals surface area contributed by atoms with E-state index in [1.54, 1.807) is 0 Å². The van der Waals surface area contributed by atoms with Gasteiger partial charge in [-0.3, -0.25) is 0 Å². The molecule has 0 amide bonds. The van der Waals surface area contributed by atoms with Crippen LogP contribution in [0, 0.1) is 11.8 Å². The summed E-state index contributed by atoms with van der Waals surface area (Å²) in [5, 5.41) is 9.57. The van der Waals surface area contributed by atoms with E-state index in [1.165, 1.54) is 5.56 Å². The van der Waals surface area contributed by atoms with Crippen molar-refractivity contribution >= 4 is 0 Å². The Morgan fingerprint density at radius 3 is 2.36 bits per heavy atom. The molecule has 2 aliphatic rings. The molecule has 2 aliphatic heterocycles. The molecule has 0 aliphatic carbocycles. The van der Waals surface area contributed by atoms with Crippen LogP contribution >= 0.6 is 0 Å². The Balaban J connectivity index is 1.49. The SMILES string of the molecule is C[C@@H]1CC[C@]2(CC[C@H](C)[C@@H](CCOCc3ccccc3)O2)O[C@@H]1CO. The molecule has 140 valence electrons. The maximum atomic E-state index is 9.57. The Kier molecular flexibility index (Phi) is 6.50. The zero-order valence-electron chi connectivity index (χ0n) is 15.5. The van der Waals surface area contributed by atoms with Crippen molar-refractivity contribution in [1.29, 1.82) is 0 Å². The van der Waals surface area contributed by atoms with Gasteiger partial charge in [0.2, 0.25) is 0 Å². The second-order valence-corrected chi connectivity index (χ2v) is 7.76. The molecule has 3 rings (SSSR count). The topological polar surface area (TPSA) is 47.9 Å². The van der Waals surface area contributed by atoms with E-state index in [1.807, 2.05) is 18.2 Å². The molecule has 25 heavy (non-hydrogen) atoms. The van der Waals surface area contributed by atoms with Crippen molar-refractivity contribution in [1.82, 2.24) is 0 Å². The van der Waals surface area contributed by atoms with Crippen molar-refractivity contribution in [3.63, 3.8) is 0 Å². The van der Waals surface area contributed by atoms with Crippen LogP contribution in [-0.4, -0.2) is 36.3 Å². The molecular formula is C21H32O4. The maximum Gasteiger partial charge on any atom is 0.169 e. The van der Waals surface area contributed by atoms with Gasteiger partial charge in [-0.1, -0.05) is 44.2 Å². The monoisotopic (exact) mass is 348 g/mol. The highest BCUT2D eigenvalue weighted by Crippen LogP contribution is 2.43. The van der Waals surface area contributed by atoms with Crippen molar-refractivity contribution in [2.75, 3.05) is 13.2 Å². The van der Waals surface area contributed by atoms with Crippen LogP contribution in [0.3, 0.4) is 0 Å². The zero-order valence-corrected chi connectivity index (χ0v) is 15.5. The lowest BCUT2D eigenvalue weighted by atomic mass is 9.84. The van der Waals surface area contributed by atoms with Gasteiger partial charge in [0.1, 0.15) is 0 Å². The summed E-state index contributed by atoms with van der Waals surface area (Å²) in [7, 11) is 0. The molecule has 2 fully saturated rings. The van der Waals surface area contributed by atoms with Gasteiger partial charge in [0.05, 0.1) is 25.4 Å². The molecule has 4 nitrogen and oxygen atoms in total. The van der Waals surface area contributed by atoms with Crippen molar-refractivity contribution in [2.45, 2.75) is 70.6 Å². The highest BCUT2D eigenvalue weighted by molar-refractivity contribution is 5.13. The predicted molar refractivity (Wildman–Crippen MR) is 97.1 cm³/mol. The molecule has 4 heteroatoms. The molecule has 2 saturated heterocycles. The summed E-state index contributed by atoms with van der Waals surface area (Å²) in [6.07, 6.45) is 4.97. The molecule has 0 radical (unpaired) electrons. The number of rotatable bonds is 6. The average Bonchev–Trinajstić information content (AvgIpc) is 2.64. The van der Waals surface area contributed by atoms with E-state index in [0.717, 1.165) is 32.1 Å². The Hall–Kier alpha value is -0.940. The minimum atomic E-state index is -0.490. The highest BCUT2D eigenvalue weighted by atomic mass is 16.7. The van der Waals surface area contributed by atoms with Gasteiger partial charge in [-0.05, 0) is 36.7 Å². The van der Waals surface area contributed by atoms with Gasteiger partial charge in [-0.25, -0.2) is 0 Å². The third-order valence-corrected chi connectivity index (χ3v) is 5.80. The molecule has 1 aromatic rings. The van der Waals surface area contributed by atoms with Gasteiger partial charge < -0.3 is 19.3 Å². The minimum absolute atomic E-state index is 0.0761. The van der Waals surface area contributed by atoms with E-state index < -0.39 is 5.79 Å². The fourth-order valence-electron chi connectivity index (χ4n) is 3.96. The van der Waals surface area contributed by atoms with E-state index in [9.17, 15) is 5.11 Å². The maximum absolute atomic E-state index is 9.57. The first-order chi connectivity index (χ1) is 12.1. The lowest BCUT2D eigenvalue weighted by Crippen LogP contribution is -2.53. The lowest BCUT2D eigenvalue weighted by molar-refractivity contribution is -0.335. The van der Waals surface area contributed by atoms with Crippen LogP contribution in [0.5, 0.6) is 0 Å². The highest BCUT2D eigenvalue weighted by Gasteiger charge is 2.46. The van der Waals surface area contributed by atoms with Crippen LogP contribution < -0.4 is 0 Å². The summed E-state index contributed by atoms with van der Waals surface area (Å²) < 4.78 is 18.5. The summed E-state index contributed by atoms with van der Waals surface area (Å²) in [5.74, 6) is 0.420. The summed E-state index contributed by atoms with van der Waals surface area (Å²) in [6.45, 7) is 5.82. The molecule has 0 bridgehead atoms. The normalized spacial score (nSPS) is 35.8. The molecule has 0 saturated carbocycles. The van der Waals surface area contributed by atoms with Crippen molar-refractivity contribution in [3.8, 4) is 0 Å². The molecular weight excluding hydrogens is 316 g/mol. The van der Waals surface area contributed by atoms with Gasteiger partial charge in [-0.2, -0.15) is 0 Å². The Morgan fingerprint density at radius 2 is 1.68 bits per heavy atom. The largest absolute Gasteiger partial charge is 0.394 e. The standard InChI is InChI=1S/C21H32O4/c1-16-8-11-21(12-9-17(2)20(14-22)25-21)24-19(16)10-13-23-15-18-6-4-3-5-7-18/h3-7,16-17,19-20,22H,8-15H2,1-2H3/t16-,17+,19+,20+,21-/m0/s1. The van der Waals surface area contributed by atoms with Crippen LogP contribution in [-0.2, 0) is 20.8 Å². The zero-order chi connectivity index (χ0) is 17.7. The van der Waals surface area contributed by atoms with Gasteiger partial charge in [0, 0.05) is 19.4 Å². The predicted octanol–water partition coefficient (Wildman–Crippen LogP) is 3.91. The van der Waals surface area contributed by atoms with Crippen LogP contribution in [0.25, 0.3) is 0 Å². The molecule has 1 N–H and O–H groups in total. The summed E-state index contributed by atoms with van der Waals surface area (Å²) >= 11 is 0. The first kappa shape index (κ1) is 18.8. The van der Waals surface area contributed by atoms with Crippen molar-refractivity contribution < 1.29 is 19.3 Å². The number of aliphatic hydroxyl groups is 1. The third kappa shape index (κ3) is 4.82. The van der Waals surface area contributed by atoms with Crippen LogP contribution in [0.2, 0.25) is 0 Å². The number of hydrogen-bond acceptors (Lipinski definition) is 4. The van der Waals surface area contributed by atoms with Gasteiger partial charge in [0.15, 0.2) is 5.79 Å². The summed E-state index contributed by atoms with van der Waals surface area (Å²) in [5.41, 5.74) is 1.20. The Morgan fingerprint density at radius 1 is 1.04 bits per heavy atom. The van der Waals surface area contributed by atoms with Gasteiger partial charge in [-0.15, -0.1) is 0 Å². The average molecular weight is 348 g/mol. The quantitative estimate of drug-likeness (QED) is 0.792. The van der Waals surface area contributed by atoms with E-state index in [-0.39, 0.29) is 18.8 Å².